The molecule has 0 radical (unpaired) electrons. The molecule has 0 saturated carbocycles. The van der Waals surface area contributed by atoms with Crippen LogP contribution >= 0.6 is 0 Å². The maximum Gasteiger partial charge on any atom is 0.243 e. The second-order valence-electron chi connectivity index (χ2n) is 7.96. The van der Waals surface area contributed by atoms with Gasteiger partial charge < -0.3 is 10.1 Å². The maximum absolute atomic E-state index is 12.8. The molecule has 1 heterocycles. The van der Waals surface area contributed by atoms with Gasteiger partial charge in [-0.2, -0.15) is 4.31 Å². The van der Waals surface area contributed by atoms with Gasteiger partial charge in [0.15, 0.2) is 0 Å². The van der Waals surface area contributed by atoms with E-state index in [1.165, 1.54) is 9.87 Å². The summed E-state index contributed by atoms with van der Waals surface area (Å²) >= 11 is 0. The van der Waals surface area contributed by atoms with E-state index in [1.807, 2.05) is 26.0 Å². The van der Waals surface area contributed by atoms with E-state index in [0.29, 0.717) is 44.0 Å². The third kappa shape index (κ3) is 6.31. The number of sulfonamides is 1. The van der Waals surface area contributed by atoms with Crippen LogP contribution in [0.2, 0.25) is 0 Å². The van der Waals surface area contributed by atoms with Gasteiger partial charge in [0.05, 0.1) is 11.5 Å². The molecule has 0 bridgehead atoms. The van der Waals surface area contributed by atoms with Crippen molar-refractivity contribution >= 4 is 15.9 Å². The highest BCUT2D eigenvalue weighted by Gasteiger charge is 2.31. The lowest BCUT2D eigenvalue weighted by molar-refractivity contribution is -0.126. The first-order valence-electron chi connectivity index (χ1n) is 11.0. The van der Waals surface area contributed by atoms with Crippen LogP contribution in [0.3, 0.4) is 0 Å². The van der Waals surface area contributed by atoms with Gasteiger partial charge in [0.25, 0.3) is 0 Å². The predicted molar refractivity (Wildman–Crippen MR) is 122 cm³/mol. The molecule has 2 aromatic carbocycles. The molecule has 1 aliphatic rings. The monoisotopic (exact) mass is 444 g/mol. The summed E-state index contributed by atoms with van der Waals surface area (Å²) in [4.78, 5) is 12.8. The highest BCUT2D eigenvalue weighted by Crippen LogP contribution is 2.24. The van der Waals surface area contributed by atoms with Gasteiger partial charge in [-0.25, -0.2) is 8.42 Å². The molecule has 1 fully saturated rings. The molecule has 7 heteroatoms. The first-order chi connectivity index (χ1) is 14.9. The van der Waals surface area contributed by atoms with Gasteiger partial charge in [0, 0.05) is 25.6 Å². The summed E-state index contributed by atoms with van der Waals surface area (Å²) in [7, 11) is -3.49. The van der Waals surface area contributed by atoms with Gasteiger partial charge in [-0.05, 0) is 69.4 Å². The summed E-state index contributed by atoms with van der Waals surface area (Å²) in [5, 5.41) is 3.01. The Bertz CT molecular complexity index is 948. The quantitative estimate of drug-likeness (QED) is 0.600. The van der Waals surface area contributed by atoms with E-state index >= 15 is 0 Å². The van der Waals surface area contributed by atoms with E-state index in [-0.39, 0.29) is 11.8 Å². The maximum atomic E-state index is 12.8. The lowest BCUT2D eigenvalue weighted by Gasteiger charge is -2.30. The highest BCUT2D eigenvalue weighted by molar-refractivity contribution is 7.89. The Kier molecular flexibility index (Phi) is 8.09. The molecule has 6 nitrogen and oxygen atoms in total. The molecule has 0 aliphatic carbocycles. The van der Waals surface area contributed by atoms with Gasteiger partial charge in [0.1, 0.15) is 5.75 Å². The van der Waals surface area contributed by atoms with Crippen molar-refractivity contribution in [2.45, 2.75) is 44.4 Å². The minimum atomic E-state index is -3.49. The number of nitrogens with zero attached hydrogens (tertiary/aromatic N) is 1. The summed E-state index contributed by atoms with van der Waals surface area (Å²) in [5.41, 5.74) is 2.24. The molecule has 31 heavy (non-hydrogen) atoms. The first kappa shape index (κ1) is 23.3. The third-order valence-electron chi connectivity index (χ3n) is 5.66. The Hall–Kier alpha value is -2.38. The molecule has 0 unspecified atom stereocenters. The van der Waals surface area contributed by atoms with E-state index in [0.717, 1.165) is 24.2 Å². The standard InChI is InChI=1S/C24H32N2O4S/c1-3-30-22-10-8-20(9-11-22)5-4-16-25-24(27)21-14-17-26(18-15-21)31(28,29)23-12-6-19(2)7-13-23/h6-13,21H,3-5,14-18H2,1-2H3,(H,25,27). The summed E-state index contributed by atoms with van der Waals surface area (Å²) in [6.07, 6.45) is 2.85. The molecule has 3 rings (SSSR count). The zero-order valence-electron chi connectivity index (χ0n) is 18.3. The van der Waals surface area contributed by atoms with Gasteiger partial charge in [0.2, 0.25) is 15.9 Å². The van der Waals surface area contributed by atoms with Crippen molar-refractivity contribution in [2.24, 2.45) is 5.92 Å². The lowest BCUT2D eigenvalue weighted by atomic mass is 9.97. The molecule has 1 amide bonds. The number of carbonyl (C=O) groups is 1. The van der Waals surface area contributed by atoms with Crippen LogP contribution in [0, 0.1) is 12.8 Å². The van der Waals surface area contributed by atoms with Crippen molar-refractivity contribution < 1.29 is 17.9 Å². The topological polar surface area (TPSA) is 75.7 Å². The molecule has 0 atom stereocenters. The Balaban J connectivity index is 1.40. The van der Waals surface area contributed by atoms with Crippen LogP contribution in [0.25, 0.3) is 0 Å². The molecule has 1 N–H and O–H groups in total. The smallest absolute Gasteiger partial charge is 0.243 e. The van der Waals surface area contributed by atoms with Crippen LogP contribution in [0.5, 0.6) is 5.75 Å². The van der Waals surface area contributed by atoms with Gasteiger partial charge in [-0.3, -0.25) is 4.79 Å². The molecular formula is C24H32N2O4S. The number of piperidine rings is 1. The van der Waals surface area contributed by atoms with E-state index in [2.05, 4.69) is 17.4 Å². The van der Waals surface area contributed by atoms with Crippen LogP contribution in [0.15, 0.2) is 53.4 Å². The molecule has 2 aromatic rings. The number of aryl methyl sites for hydroxylation is 2. The van der Waals surface area contributed by atoms with E-state index in [4.69, 9.17) is 4.74 Å². The average Bonchev–Trinajstić information content (AvgIpc) is 2.78. The second kappa shape index (κ2) is 10.8. The first-order valence-corrected chi connectivity index (χ1v) is 12.4. The number of carbonyl (C=O) groups excluding carboxylic acids is 1. The number of ether oxygens (including phenoxy) is 1. The largest absolute Gasteiger partial charge is 0.494 e. The minimum Gasteiger partial charge on any atom is -0.494 e. The summed E-state index contributed by atoms with van der Waals surface area (Å²) in [5.74, 6) is 0.768. The zero-order valence-corrected chi connectivity index (χ0v) is 19.2. The zero-order chi connectivity index (χ0) is 22.3. The van der Waals surface area contributed by atoms with Crippen molar-refractivity contribution in [1.82, 2.24) is 9.62 Å². The van der Waals surface area contributed by atoms with Crippen molar-refractivity contribution in [3.8, 4) is 5.75 Å². The van der Waals surface area contributed by atoms with Crippen molar-refractivity contribution in [3.63, 3.8) is 0 Å². The van der Waals surface area contributed by atoms with E-state index < -0.39 is 10.0 Å². The van der Waals surface area contributed by atoms with E-state index in [1.54, 1.807) is 24.3 Å². The van der Waals surface area contributed by atoms with Gasteiger partial charge in [-0.1, -0.05) is 29.8 Å². The molecule has 1 saturated heterocycles. The Morgan fingerprint density at radius 1 is 1.06 bits per heavy atom. The van der Waals surface area contributed by atoms with Gasteiger partial charge >= 0.3 is 0 Å². The van der Waals surface area contributed by atoms with Crippen LogP contribution in [0.1, 0.15) is 37.3 Å². The fourth-order valence-electron chi connectivity index (χ4n) is 3.79. The number of nitrogens with one attached hydrogen (secondary N) is 1. The third-order valence-corrected chi connectivity index (χ3v) is 7.57. The number of hydrogen-bond donors (Lipinski definition) is 1. The van der Waals surface area contributed by atoms with Gasteiger partial charge in [-0.15, -0.1) is 0 Å². The minimum absolute atomic E-state index is 0.0269. The number of hydrogen-bond acceptors (Lipinski definition) is 4. The molecular weight excluding hydrogens is 412 g/mol. The normalized spacial score (nSPS) is 15.5. The van der Waals surface area contributed by atoms with E-state index in [9.17, 15) is 13.2 Å². The van der Waals surface area contributed by atoms with Crippen molar-refractivity contribution in [1.29, 1.82) is 0 Å². The van der Waals surface area contributed by atoms with Crippen molar-refractivity contribution in [2.75, 3.05) is 26.2 Å². The Labute approximate surface area is 185 Å². The number of rotatable bonds is 9. The van der Waals surface area contributed by atoms with Crippen LogP contribution in [-0.2, 0) is 21.2 Å². The SMILES string of the molecule is CCOc1ccc(CCCNC(=O)C2CCN(S(=O)(=O)c3ccc(C)cc3)CC2)cc1. The highest BCUT2D eigenvalue weighted by atomic mass is 32.2. The number of amides is 1. The summed E-state index contributed by atoms with van der Waals surface area (Å²) in [6.45, 7) is 5.92. The molecule has 168 valence electrons. The van der Waals surface area contributed by atoms with Crippen LogP contribution in [-0.4, -0.2) is 44.9 Å². The molecule has 0 spiro atoms. The predicted octanol–water partition coefficient (Wildman–Crippen LogP) is 3.54. The Morgan fingerprint density at radius 3 is 2.32 bits per heavy atom. The fourth-order valence-corrected chi connectivity index (χ4v) is 5.25. The van der Waals surface area contributed by atoms with Crippen molar-refractivity contribution in [3.05, 3.63) is 59.7 Å². The Morgan fingerprint density at radius 2 is 1.71 bits per heavy atom. The summed E-state index contributed by atoms with van der Waals surface area (Å²) < 4.78 is 32.5. The lowest BCUT2D eigenvalue weighted by Crippen LogP contribution is -2.43. The molecule has 1 aliphatic heterocycles. The fraction of sp³-hybridized carbons (Fsp3) is 0.458. The van der Waals surface area contributed by atoms with Crippen LogP contribution < -0.4 is 10.1 Å². The second-order valence-corrected chi connectivity index (χ2v) is 9.90. The molecule has 0 aromatic heterocycles. The van der Waals surface area contributed by atoms with Crippen LogP contribution in [0.4, 0.5) is 0 Å². The number of benzene rings is 2. The summed E-state index contributed by atoms with van der Waals surface area (Å²) in [6, 6.07) is 14.9. The average molecular weight is 445 g/mol.